The molecule has 1 aromatic rings. The van der Waals surface area contributed by atoms with Crippen molar-refractivity contribution >= 4 is 5.97 Å². The highest BCUT2D eigenvalue weighted by atomic mass is 16.5. The van der Waals surface area contributed by atoms with E-state index in [4.69, 9.17) is 0 Å². The van der Waals surface area contributed by atoms with Crippen LogP contribution >= 0.6 is 0 Å². The van der Waals surface area contributed by atoms with Crippen LogP contribution in [0.4, 0.5) is 0 Å². The molecule has 0 saturated heterocycles. The molecule has 16 heavy (non-hydrogen) atoms. The maximum Gasteiger partial charge on any atom is 0.312 e. The van der Waals surface area contributed by atoms with Gasteiger partial charge in [0, 0.05) is 0 Å². The van der Waals surface area contributed by atoms with E-state index in [1.807, 2.05) is 6.07 Å². The normalized spacial score (nSPS) is 15.9. The van der Waals surface area contributed by atoms with Crippen LogP contribution in [0.5, 0.6) is 0 Å². The van der Waals surface area contributed by atoms with Gasteiger partial charge in [-0.2, -0.15) is 0 Å². The van der Waals surface area contributed by atoms with Gasteiger partial charge in [0.15, 0.2) is 0 Å². The Morgan fingerprint density at radius 1 is 1.50 bits per heavy atom. The number of esters is 1. The number of rotatable bonds is 4. The van der Waals surface area contributed by atoms with Crippen molar-refractivity contribution in [2.24, 2.45) is 5.92 Å². The molecule has 0 heterocycles. The van der Waals surface area contributed by atoms with Crippen molar-refractivity contribution in [3.05, 3.63) is 48.6 Å². The van der Waals surface area contributed by atoms with E-state index in [0.717, 1.165) is 0 Å². The predicted molar refractivity (Wildman–Crippen MR) is 61.7 cm³/mol. The highest BCUT2D eigenvalue weighted by molar-refractivity contribution is 5.74. The Kier molecular flexibility index (Phi) is 3.85. The van der Waals surface area contributed by atoms with Crippen LogP contribution < -0.4 is 0 Å². The summed E-state index contributed by atoms with van der Waals surface area (Å²) in [6.45, 7) is 5.20. The van der Waals surface area contributed by atoms with Crippen molar-refractivity contribution in [3.63, 3.8) is 0 Å². The summed E-state index contributed by atoms with van der Waals surface area (Å²) in [5, 5.41) is 10.4. The topological polar surface area (TPSA) is 46.5 Å². The minimum Gasteiger partial charge on any atom is -0.469 e. The zero-order chi connectivity index (χ0) is 12.2. The quantitative estimate of drug-likeness (QED) is 0.622. The molecule has 1 rings (SSSR count). The first kappa shape index (κ1) is 12.5. The summed E-state index contributed by atoms with van der Waals surface area (Å²) in [6, 6.07) is 8.94. The molecule has 0 aromatic heterocycles. The van der Waals surface area contributed by atoms with Gasteiger partial charge in [-0.1, -0.05) is 43.0 Å². The summed E-state index contributed by atoms with van der Waals surface area (Å²) in [5.74, 6) is -1.16. The maximum absolute atomic E-state index is 11.5. The fourth-order valence-electron chi connectivity index (χ4n) is 1.61. The number of methoxy groups -OCH3 is 1. The van der Waals surface area contributed by atoms with Crippen LogP contribution in [0.2, 0.25) is 0 Å². The monoisotopic (exact) mass is 220 g/mol. The van der Waals surface area contributed by atoms with Crippen LogP contribution in [0.15, 0.2) is 43.0 Å². The van der Waals surface area contributed by atoms with Crippen molar-refractivity contribution in [1.29, 1.82) is 0 Å². The lowest BCUT2D eigenvalue weighted by Crippen LogP contribution is -2.36. The molecule has 86 valence electrons. The summed E-state index contributed by atoms with van der Waals surface area (Å²) >= 11 is 0. The number of carbonyl (C=O) groups is 1. The van der Waals surface area contributed by atoms with E-state index in [2.05, 4.69) is 11.3 Å². The van der Waals surface area contributed by atoms with E-state index in [1.54, 1.807) is 31.2 Å². The van der Waals surface area contributed by atoms with Gasteiger partial charge in [0.2, 0.25) is 0 Å². The molecule has 0 saturated carbocycles. The second-order valence-corrected chi connectivity index (χ2v) is 3.64. The molecular formula is C13H16O3. The first-order valence-corrected chi connectivity index (χ1v) is 5.05. The summed E-state index contributed by atoms with van der Waals surface area (Å²) < 4.78 is 4.63. The van der Waals surface area contributed by atoms with Gasteiger partial charge in [-0.15, -0.1) is 0 Å². The summed E-state index contributed by atoms with van der Waals surface area (Å²) in [4.78, 5) is 11.5. The van der Waals surface area contributed by atoms with Crippen molar-refractivity contribution in [1.82, 2.24) is 0 Å². The van der Waals surface area contributed by atoms with Gasteiger partial charge in [0.25, 0.3) is 0 Å². The number of aliphatic hydroxyl groups is 1. The van der Waals surface area contributed by atoms with Gasteiger partial charge >= 0.3 is 5.97 Å². The van der Waals surface area contributed by atoms with Crippen LogP contribution in [0.25, 0.3) is 0 Å². The van der Waals surface area contributed by atoms with Gasteiger partial charge in [-0.3, -0.25) is 4.79 Å². The first-order valence-electron chi connectivity index (χ1n) is 5.05. The van der Waals surface area contributed by atoms with Crippen LogP contribution in [0.1, 0.15) is 12.5 Å². The molecule has 0 spiro atoms. The molecule has 0 aliphatic carbocycles. The average molecular weight is 220 g/mol. The summed E-state index contributed by atoms with van der Waals surface area (Å²) in [6.07, 6.45) is 1.36. The van der Waals surface area contributed by atoms with Crippen molar-refractivity contribution in [3.8, 4) is 0 Å². The molecule has 3 nitrogen and oxygen atoms in total. The van der Waals surface area contributed by atoms with Crippen LogP contribution in [-0.4, -0.2) is 18.2 Å². The minimum absolute atomic E-state index is 0.466. The molecular weight excluding hydrogens is 204 g/mol. The van der Waals surface area contributed by atoms with E-state index in [9.17, 15) is 9.90 Å². The highest BCUT2D eigenvalue weighted by Gasteiger charge is 2.37. The van der Waals surface area contributed by atoms with E-state index < -0.39 is 17.5 Å². The van der Waals surface area contributed by atoms with Gasteiger partial charge in [0.05, 0.1) is 13.0 Å². The fraction of sp³-hybridized carbons (Fsp3) is 0.308. The van der Waals surface area contributed by atoms with E-state index in [-0.39, 0.29) is 0 Å². The molecule has 1 aromatic carbocycles. The second kappa shape index (κ2) is 4.94. The van der Waals surface area contributed by atoms with Gasteiger partial charge in [-0.25, -0.2) is 0 Å². The van der Waals surface area contributed by atoms with Crippen molar-refractivity contribution < 1.29 is 14.6 Å². The zero-order valence-electron chi connectivity index (χ0n) is 9.51. The first-order chi connectivity index (χ1) is 7.56. The van der Waals surface area contributed by atoms with E-state index in [1.165, 1.54) is 13.2 Å². The Morgan fingerprint density at radius 2 is 2.06 bits per heavy atom. The highest BCUT2D eigenvalue weighted by Crippen LogP contribution is 2.31. The lowest BCUT2D eigenvalue weighted by atomic mass is 9.82. The molecule has 2 unspecified atom stereocenters. The van der Waals surface area contributed by atoms with Gasteiger partial charge < -0.3 is 9.84 Å². The number of hydrogen-bond acceptors (Lipinski definition) is 3. The van der Waals surface area contributed by atoms with Crippen molar-refractivity contribution in [2.75, 3.05) is 7.11 Å². The van der Waals surface area contributed by atoms with Gasteiger partial charge in [-0.05, 0) is 12.5 Å². The third kappa shape index (κ3) is 2.14. The summed E-state index contributed by atoms with van der Waals surface area (Å²) in [7, 11) is 1.30. The number of carbonyl (C=O) groups excluding carboxylic acids is 1. The minimum atomic E-state index is -1.39. The SMILES string of the molecule is C=CC(O)(c1ccccc1)C(C)C(=O)OC. The third-order valence-electron chi connectivity index (χ3n) is 2.76. The Labute approximate surface area is 95.4 Å². The Balaban J connectivity index is 3.12. The molecule has 0 fully saturated rings. The van der Waals surface area contributed by atoms with Crippen LogP contribution in [0.3, 0.4) is 0 Å². The van der Waals surface area contributed by atoms with Gasteiger partial charge in [0.1, 0.15) is 5.60 Å². The standard InChI is InChI=1S/C13H16O3/c1-4-13(15,10(2)12(14)16-3)11-8-6-5-7-9-11/h4-10,15H,1H2,2-3H3. The van der Waals surface area contributed by atoms with Crippen LogP contribution in [-0.2, 0) is 15.1 Å². The number of hydrogen-bond donors (Lipinski definition) is 1. The molecule has 0 aliphatic rings. The molecule has 0 bridgehead atoms. The number of benzene rings is 1. The molecule has 0 radical (unpaired) electrons. The molecule has 3 heteroatoms. The Hall–Kier alpha value is -1.61. The van der Waals surface area contributed by atoms with E-state index >= 15 is 0 Å². The zero-order valence-corrected chi connectivity index (χ0v) is 9.51. The maximum atomic E-state index is 11.5. The third-order valence-corrected chi connectivity index (χ3v) is 2.76. The smallest absolute Gasteiger partial charge is 0.312 e. The largest absolute Gasteiger partial charge is 0.469 e. The molecule has 2 atom stereocenters. The molecule has 0 aliphatic heterocycles. The molecule has 1 N–H and O–H groups in total. The average Bonchev–Trinajstić information content (AvgIpc) is 2.37. The van der Waals surface area contributed by atoms with Crippen LogP contribution in [0, 0.1) is 5.92 Å². The fourth-order valence-corrected chi connectivity index (χ4v) is 1.61. The Bertz CT molecular complexity index is 372. The van der Waals surface area contributed by atoms with E-state index in [0.29, 0.717) is 5.56 Å². The lowest BCUT2D eigenvalue weighted by molar-refractivity contribution is -0.152. The number of ether oxygens (including phenoxy) is 1. The lowest BCUT2D eigenvalue weighted by Gasteiger charge is -2.29. The molecule has 0 amide bonds. The second-order valence-electron chi connectivity index (χ2n) is 3.64. The predicted octanol–water partition coefficient (Wildman–Crippen LogP) is 1.87. The summed E-state index contributed by atoms with van der Waals surface area (Å²) in [5.41, 5.74) is -0.767. The van der Waals surface area contributed by atoms with Crippen molar-refractivity contribution in [2.45, 2.75) is 12.5 Å². The Morgan fingerprint density at radius 3 is 2.50 bits per heavy atom.